The van der Waals surface area contributed by atoms with Crippen LogP contribution in [-0.2, 0) is 13.1 Å². The minimum atomic E-state index is -0.185. The Hall–Kier alpha value is -1.46. The summed E-state index contributed by atoms with van der Waals surface area (Å²) in [4.78, 5) is 6.36. The predicted molar refractivity (Wildman–Crippen MR) is 82.7 cm³/mol. The number of nitrogens with zero attached hydrogens (tertiary/aromatic N) is 2. The molecule has 0 aliphatic rings. The molecule has 1 aromatic carbocycles. The Morgan fingerprint density at radius 1 is 1.40 bits per heavy atom. The molecule has 0 bridgehead atoms. The fourth-order valence-corrected chi connectivity index (χ4v) is 2.80. The molecule has 1 aromatic heterocycles. The number of anilines is 1. The molecule has 0 saturated heterocycles. The fraction of sp³-hybridized carbons (Fsp3) is 0.400. The van der Waals surface area contributed by atoms with Crippen LogP contribution in [0.2, 0.25) is 0 Å². The first-order valence-electron chi connectivity index (χ1n) is 6.72. The zero-order valence-electron chi connectivity index (χ0n) is 12.1. The molecule has 2 rings (SSSR count). The van der Waals surface area contributed by atoms with E-state index >= 15 is 0 Å². The van der Waals surface area contributed by atoms with Crippen molar-refractivity contribution in [3.05, 3.63) is 45.7 Å². The van der Waals surface area contributed by atoms with E-state index in [1.54, 1.807) is 17.4 Å². The van der Waals surface area contributed by atoms with E-state index in [1.807, 2.05) is 37.2 Å². The number of hydrogen-bond donors (Lipinski definition) is 1. The number of halogens is 1. The number of benzene rings is 1. The van der Waals surface area contributed by atoms with Crippen molar-refractivity contribution in [1.82, 2.24) is 10.3 Å². The summed E-state index contributed by atoms with van der Waals surface area (Å²) in [6.45, 7) is 6.17. The van der Waals surface area contributed by atoms with Gasteiger partial charge in [-0.2, -0.15) is 0 Å². The van der Waals surface area contributed by atoms with Crippen LogP contribution >= 0.6 is 11.3 Å². The number of thiazole rings is 1. The van der Waals surface area contributed by atoms with Crippen LogP contribution in [0.4, 0.5) is 10.1 Å². The van der Waals surface area contributed by atoms with Gasteiger partial charge in [-0.05, 0) is 25.1 Å². The van der Waals surface area contributed by atoms with E-state index in [4.69, 9.17) is 0 Å². The molecular weight excluding hydrogens is 273 g/mol. The van der Waals surface area contributed by atoms with Gasteiger partial charge in [-0.25, -0.2) is 9.37 Å². The summed E-state index contributed by atoms with van der Waals surface area (Å²) in [5.41, 5.74) is 2.60. The van der Waals surface area contributed by atoms with Crippen LogP contribution in [0.1, 0.15) is 23.2 Å². The Labute approximate surface area is 123 Å². The lowest BCUT2D eigenvalue weighted by atomic mass is 10.1. The van der Waals surface area contributed by atoms with E-state index < -0.39 is 0 Å². The standard InChI is InChI=1S/C15H20FN3S/c1-4-17-8-12-6-5-7-14(16)15(12)19(3)9-13-10-20-11(2)18-13/h5-7,10,17H,4,8-9H2,1-3H3. The zero-order chi connectivity index (χ0) is 14.5. The van der Waals surface area contributed by atoms with Crippen molar-refractivity contribution in [3.8, 4) is 0 Å². The molecule has 0 atom stereocenters. The van der Waals surface area contributed by atoms with Crippen molar-refractivity contribution in [3.63, 3.8) is 0 Å². The number of nitrogens with one attached hydrogen (secondary N) is 1. The summed E-state index contributed by atoms with van der Waals surface area (Å²) >= 11 is 1.62. The summed E-state index contributed by atoms with van der Waals surface area (Å²) in [6.07, 6.45) is 0. The van der Waals surface area contributed by atoms with Gasteiger partial charge in [-0.1, -0.05) is 19.1 Å². The molecule has 2 aromatic rings. The molecule has 5 heteroatoms. The van der Waals surface area contributed by atoms with Crippen LogP contribution in [0.25, 0.3) is 0 Å². The van der Waals surface area contributed by atoms with Crippen molar-refractivity contribution >= 4 is 17.0 Å². The van der Waals surface area contributed by atoms with Gasteiger partial charge in [-0.15, -0.1) is 11.3 Å². The third-order valence-corrected chi connectivity index (χ3v) is 3.91. The highest BCUT2D eigenvalue weighted by atomic mass is 32.1. The van der Waals surface area contributed by atoms with Crippen molar-refractivity contribution < 1.29 is 4.39 Å². The Balaban J connectivity index is 2.21. The molecule has 0 fully saturated rings. The van der Waals surface area contributed by atoms with Gasteiger partial charge >= 0.3 is 0 Å². The number of aryl methyl sites for hydroxylation is 1. The molecular formula is C15H20FN3S. The average molecular weight is 293 g/mol. The highest BCUT2D eigenvalue weighted by Gasteiger charge is 2.14. The van der Waals surface area contributed by atoms with Crippen LogP contribution in [-0.4, -0.2) is 18.6 Å². The Kier molecular flexibility index (Phi) is 5.09. The monoisotopic (exact) mass is 293 g/mol. The Morgan fingerprint density at radius 3 is 2.85 bits per heavy atom. The zero-order valence-corrected chi connectivity index (χ0v) is 12.9. The van der Waals surface area contributed by atoms with Crippen molar-refractivity contribution in [2.45, 2.75) is 26.9 Å². The number of hydrogen-bond acceptors (Lipinski definition) is 4. The molecule has 0 unspecified atom stereocenters. The lowest BCUT2D eigenvalue weighted by Gasteiger charge is -2.22. The second kappa shape index (κ2) is 6.81. The van der Waals surface area contributed by atoms with Crippen LogP contribution in [0.15, 0.2) is 23.6 Å². The molecule has 20 heavy (non-hydrogen) atoms. The van der Waals surface area contributed by atoms with Crippen LogP contribution in [0, 0.1) is 12.7 Å². The molecule has 0 amide bonds. The van der Waals surface area contributed by atoms with Gasteiger partial charge in [0.15, 0.2) is 0 Å². The average Bonchev–Trinajstić information content (AvgIpc) is 2.81. The molecule has 0 aliphatic heterocycles. The molecule has 1 heterocycles. The largest absolute Gasteiger partial charge is 0.366 e. The summed E-state index contributed by atoms with van der Waals surface area (Å²) in [5, 5.41) is 6.31. The van der Waals surface area contributed by atoms with E-state index in [0.29, 0.717) is 18.8 Å². The van der Waals surface area contributed by atoms with Crippen molar-refractivity contribution in [1.29, 1.82) is 0 Å². The molecule has 0 radical (unpaired) electrons. The van der Waals surface area contributed by atoms with E-state index in [2.05, 4.69) is 10.3 Å². The van der Waals surface area contributed by atoms with Crippen molar-refractivity contribution in [2.24, 2.45) is 0 Å². The first-order chi connectivity index (χ1) is 9.61. The summed E-state index contributed by atoms with van der Waals surface area (Å²) in [5.74, 6) is -0.185. The van der Waals surface area contributed by atoms with E-state index in [0.717, 1.165) is 22.8 Å². The van der Waals surface area contributed by atoms with Gasteiger partial charge < -0.3 is 10.2 Å². The molecule has 0 spiro atoms. The Bertz CT molecular complexity index is 568. The normalized spacial score (nSPS) is 10.8. The predicted octanol–water partition coefficient (Wildman–Crippen LogP) is 3.34. The molecule has 0 saturated carbocycles. The molecule has 1 N–H and O–H groups in total. The fourth-order valence-electron chi connectivity index (χ4n) is 2.19. The first-order valence-corrected chi connectivity index (χ1v) is 7.60. The lowest BCUT2D eigenvalue weighted by Crippen LogP contribution is -2.22. The smallest absolute Gasteiger partial charge is 0.146 e. The van der Waals surface area contributed by atoms with Gasteiger partial charge in [-0.3, -0.25) is 0 Å². The van der Waals surface area contributed by atoms with Gasteiger partial charge in [0.2, 0.25) is 0 Å². The molecule has 3 nitrogen and oxygen atoms in total. The minimum absolute atomic E-state index is 0.185. The van der Waals surface area contributed by atoms with Crippen LogP contribution < -0.4 is 10.2 Å². The summed E-state index contributed by atoms with van der Waals surface area (Å²) in [6, 6.07) is 5.23. The lowest BCUT2D eigenvalue weighted by molar-refractivity contribution is 0.615. The topological polar surface area (TPSA) is 28.2 Å². The van der Waals surface area contributed by atoms with E-state index in [-0.39, 0.29) is 5.82 Å². The SMILES string of the molecule is CCNCc1cccc(F)c1N(C)Cc1csc(C)n1. The maximum atomic E-state index is 14.1. The number of aromatic nitrogens is 1. The Morgan fingerprint density at radius 2 is 2.20 bits per heavy atom. The minimum Gasteiger partial charge on any atom is -0.366 e. The molecule has 0 aliphatic carbocycles. The molecule has 108 valence electrons. The second-order valence-electron chi connectivity index (χ2n) is 4.74. The first kappa shape index (κ1) is 14.9. The van der Waals surface area contributed by atoms with Crippen LogP contribution in [0.3, 0.4) is 0 Å². The maximum absolute atomic E-state index is 14.1. The van der Waals surface area contributed by atoms with Crippen LogP contribution in [0.5, 0.6) is 0 Å². The van der Waals surface area contributed by atoms with Gasteiger partial charge in [0.25, 0.3) is 0 Å². The van der Waals surface area contributed by atoms with Crippen molar-refractivity contribution in [2.75, 3.05) is 18.5 Å². The number of rotatable bonds is 6. The van der Waals surface area contributed by atoms with Gasteiger partial charge in [0.05, 0.1) is 22.9 Å². The van der Waals surface area contributed by atoms with Gasteiger partial charge in [0, 0.05) is 19.0 Å². The third kappa shape index (κ3) is 3.55. The quantitative estimate of drug-likeness (QED) is 0.885. The summed E-state index contributed by atoms with van der Waals surface area (Å²) in [7, 11) is 1.91. The van der Waals surface area contributed by atoms with E-state index in [9.17, 15) is 4.39 Å². The van der Waals surface area contributed by atoms with E-state index in [1.165, 1.54) is 6.07 Å². The third-order valence-electron chi connectivity index (χ3n) is 3.08. The summed E-state index contributed by atoms with van der Waals surface area (Å²) < 4.78 is 14.1. The highest BCUT2D eigenvalue weighted by Crippen LogP contribution is 2.25. The highest BCUT2D eigenvalue weighted by molar-refractivity contribution is 7.09. The number of para-hydroxylation sites is 1. The van der Waals surface area contributed by atoms with Gasteiger partial charge in [0.1, 0.15) is 5.82 Å². The second-order valence-corrected chi connectivity index (χ2v) is 5.80. The maximum Gasteiger partial charge on any atom is 0.146 e.